The first kappa shape index (κ1) is 15.8. The van der Waals surface area contributed by atoms with Crippen LogP contribution in [0.3, 0.4) is 0 Å². The van der Waals surface area contributed by atoms with Crippen molar-refractivity contribution in [1.29, 1.82) is 0 Å². The van der Waals surface area contributed by atoms with Gasteiger partial charge in [0, 0.05) is 13.1 Å². The molecule has 0 heterocycles. The molecular weight excluding hydrogens is 248 g/mol. The number of aliphatic hydroxyl groups is 1. The molecule has 0 aliphatic heterocycles. The molecule has 0 saturated heterocycles. The molecule has 1 saturated carbocycles. The highest BCUT2D eigenvalue weighted by Gasteiger charge is 2.46. The van der Waals surface area contributed by atoms with Crippen molar-refractivity contribution in [3.05, 3.63) is 0 Å². The zero-order valence-electron chi connectivity index (χ0n) is 12.1. The third kappa shape index (κ3) is 3.83. The number of aliphatic carboxylic acids is 1. The van der Waals surface area contributed by atoms with Gasteiger partial charge in [-0.25, -0.2) is 4.79 Å². The number of rotatable bonds is 4. The van der Waals surface area contributed by atoms with Gasteiger partial charge in [-0.15, -0.1) is 0 Å². The second-order valence-corrected chi connectivity index (χ2v) is 6.29. The summed E-state index contributed by atoms with van der Waals surface area (Å²) in [4.78, 5) is 24.7. The van der Waals surface area contributed by atoms with Gasteiger partial charge in [0.05, 0.1) is 17.6 Å². The number of nitrogens with zero attached hydrogens (tertiary/aromatic N) is 1. The third-order valence-electron chi connectivity index (χ3n) is 3.72. The molecule has 0 radical (unpaired) electrons. The van der Waals surface area contributed by atoms with Gasteiger partial charge in [0.2, 0.25) is 0 Å². The van der Waals surface area contributed by atoms with Crippen LogP contribution in [0.15, 0.2) is 0 Å². The van der Waals surface area contributed by atoms with Crippen LogP contribution in [0.5, 0.6) is 0 Å². The Kier molecular flexibility index (Phi) is 4.45. The standard InChI is InChI=1S/C13H24N2O4/c1-12(2,19)8-15(4)11(18)14-9-6-5-7-13(9,3)10(16)17/h9,19H,5-8H2,1-4H3,(H,14,18)(H,16,17). The molecule has 1 fully saturated rings. The maximum atomic E-state index is 12.0. The molecule has 0 aromatic carbocycles. The van der Waals surface area contributed by atoms with E-state index in [1.807, 2.05) is 0 Å². The first-order valence-electron chi connectivity index (χ1n) is 6.54. The predicted molar refractivity (Wildman–Crippen MR) is 70.8 cm³/mol. The summed E-state index contributed by atoms with van der Waals surface area (Å²) >= 11 is 0. The lowest BCUT2D eigenvalue weighted by molar-refractivity contribution is -0.148. The molecule has 3 N–H and O–H groups in total. The lowest BCUT2D eigenvalue weighted by Crippen LogP contribution is -2.52. The van der Waals surface area contributed by atoms with Crippen LogP contribution >= 0.6 is 0 Å². The van der Waals surface area contributed by atoms with E-state index in [-0.39, 0.29) is 18.6 Å². The van der Waals surface area contributed by atoms with Crippen LogP contribution < -0.4 is 5.32 Å². The monoisotopic (exact) mass is 272 g/mol. The minimum atomic E-state index is -0.974. The highest BCUT2D eigenvalue weighted by Crippen LogP contribution is 2.38. The smallest absolute Gasteiger partial charge is 0.317 e. The number of nitrogens with one attached hydrogen (secondary N) is 1. The maximum Gasteiger partial charge on any atom is 0.317 e. The van der Waals surface area contributed by atoms with E-state index in [0.29, 0.717) is 12.8 Å². The van der Waals surface area contributed by atoms with Crippen LogP contribution in [0.2, 0.25) is 0 Å². The summed E-state index contributed by atoms with van der Waals surface area (Å²) < 4.78 is 0. The minimum Gasteiger partial charge on any atom is -0.481 e. The fourth-order valence-electron chi connectivity index (χ4n) is 2.57. The number of amides is 2. The SMILES string of the molecule is CN(CC(C)(C)O)C(=O)NC1CCCC1(C)C(=O)O. The molecule has 110 valence electrons. The zero-order valence-corrected chi connectivity index (χ0v) is 12.1. The lowest BCUT2D eigenvalue weighted by atomic mass is 9.85. The number of hydrogen-bond acceptors (Lipinski definition) is 3. The number of carboxylic acid groups (broad SMARTS) is 1. The molecule has 1 aliphatic rings. The normalized spacial score (nSPS) is 27.1. The highest BCUT2D eigenvalue weighted by molar-refractivity contribution is 5.79. The van der Waals surface area contributed by atoms with Crippen molar-refractivity contribution in [3.63, 3.8) is 0 Å². The Morgan fingerprint density at radius 2 is 2.05 bits per heavy atom. The zero-order chi connectivity index (χ0) is 14.8. The van der Waals surface area contributed by atoms with E-state index >= 15 is 0 Å². The largest absolute Gasteiger partial charge is 0.481 e. The van der Waals surface area contributed by atoms with E-state index in [0.717, 1.165) is 6.42 Å². The molecule has 0 spiro atoms. The second-order valence-electron chi connectivity index (χ2n) is 6.29. The molecule has 6 heteroatoms. The van der Waals surface area contributed by atoms with Crippen LogP contribution in [0.4, 0.5) is 4.79 Å². The Hall–Kier alpha value is -1.30. The van der Waals surface area contributed by atoms with E-state index in [1.54, 1.807) is 27.8 Å². The van der Waals surface area contributed by atoms with Gasteiger partial charge < -0.3 is 20.4 Å². The van der Waals surface area contributed by atoms with Gasteiger partial charge in [-0.05, 0) is 33.6 Å². The molecule has 0 aromatic rings. The lowest BCUT2D eigenvalue weighted by Gasteiger charge is -2.31. The van der Waals surface area contributed by atoms with Crippen molar-refractivity contribution in [2.24, 2.45) is 5.41 Å². The summed E-state index contributed by atoms with van der Waals surface area (Å²) in [6.07, 6.45) is 2.04. The first-order chi connectivity index (χ1) is 8.56. The maximum absolute atomic E-state index is 12.0. The quantitative estimate of drug-likeness (QED) is 0.713. The number of urea groups is 1. The Morgan fingerprint density at radius 3 is 2.53 bits per heavy atom. The molecule has 2 atom stereocenters. The van der Waals surface area contributed by atoms with Crippen molar-refractivity contribution in [1.82, 2.24) is 10.2 Å². The van der Waals surface area contributed by atoms with Gasteiger partial charge in [-0.2, -0.15) is 0 Å². The van der Waals surface area contributed by atoms with Crippen molar-refractivity contribution in [2.75, 3.05) is 13.6 Å². The molecule has 0 bridgehead atoms. The van der Waals surface area contributed by atoms with Gasteiger partial charge in [0.15, 0.2) is 0 Å². The van der Waals surface area contributed by atoms with E-state index in [2.05, 4.69) is 5.32 Å². The molecule has 0 aromatic heterocycles. The van der Waals surface area contributed by atoms with Crippen LogP contribution in [-0.2, 0) is 4.79 Å². The fourth-order valence-corrected chi connectivity index (χ4v) is 2.57. The summed E-state index contributed by atoms with van der Waals surface area (Å²) in [5, 5.41) is 21.7. The number of carbonyl (C=O) groups is 2. The first-order valence-corrected chi connectivity index (χ1v) is 6.54. The van der Waals surface area contributed by atoms with Crippen LogP contribution in [-0.4, -0.2) is 52.3 Å². The second kappa shape index (κ2) is 5.36. The Bertz CT molecular complexity index is 364. The number of carboxylic acids is 1. The van der Waals surface area contributed by atoms with Gasteiger partial charge in [0.25, 0.3) is 0 Å². The average molecular weight is 272 g/mol. The van der Waals surface area contributed by atoms with Crippen LogP contribution in [0.1, 0.15) is 40.0 Å². The Balaban J connectivity index is 2.64. The number of likely N-dealkylation sites (N-methyl/N-ethyl adjacent to an activating group) is 1. The van der Waals surface area contributed by atoms with E-state index in [1.165, 1.54) is 4.90 Å². The van der Waals surface area contributed by atoms with Crippen LogP contribution in [0, 0.1) is 5.41 Å². The minimum absolute atomic E-state index is 0.190. The van der Waals surface area contributed by atoms with Gasteiger partial charge >= 0.3 is 12.0 Å². The van der Waals surface area contributed by atoms with Gasteiger partial charge in [0.1, 0.15) is 0 Å². The number of hydrogen-bond donors (Lipinski definition) is 3. The van der Waals surface area contributed by atoms with Crippen LogP contribution in [0.25, 0.3) is 0 Å². The van der Waals surface area contributed by atoms with E-state index in [4.69, 9.17) is 0 Å². The molecule has 2 unspecified atom stereocenters. The summed E-state index contributed by atoms with van der Waals surface area (Å²) in [6, 6.07) is -0.705. The highest BCUT2D eigenvalue weighted by atomic mass is 16.4. The summed E-state index contributed by atoms with van der Waals surface area (Å²) in [5.41, 5.74) is -1.87. The van der Waals surface area contributed by atoms with Crippen molar-refractivity contribution >= 4 is 12.0 Å². The predicted octanol–water partition coefficient (Wildman–Crippen LogP) is 1.04. The molecule has 1 aliphatic carbocycles. The Labute approximate surface area is 113 Å². The van der Waals surface area contributed by atoms with Gasteiger partial charge in [-0.3, -0.25) is 4.79 Å². The topological polar surface area (TPSA) is 89.9 Å². The molecule has 6 nitrogen and oxygen atoms in total. The molecule has 1 rings (SSSR count). The molecule has 2 amide bonds. The van der Waals surface area contributed by atoms with Gasteiger partial charge in [-0.1, -0.05) is 6.42 Å². The van der Waals surface area contributed by atoms with E-state index in [9.17, 15) is 19.8 Å². The molecule has 19 heavy (non-hydrogen) atoms. The van der Waals surface area contributed by atoms with Crippen molar-refractivity contribution in [3.8, 4) is 0 Å². The third-order valence-corrected chi connectivity index (χ3v) is 3.72. The summed E-state index contributed by atoms with van der Waals surface area (Å²) in [5.74, 6) is -0.875. The summed E-state index contributed by atoms with van der Waals surface area (Å²) in [6.45, 7) is 5.10. The van der Waals surface area contributed by atoms with E-state index < -0.39 is 17.0 Å². The molecular formula is C13H24N2O4. The average Bonchev–Trinajstić information content (AvgIpc) is 2.59. The fraction of sp³-hybridized carbons (Fsp3) is 0.846. The Morgan fingerprint density at radius 1 is 1.47 bits per heavy atom. The van der Waals surface area contributed by atoms with Crippen molar-refractivity contribution < 1.29 is 19.8 Å². The summed E-state index contributed by atoms with van der Waals surface area (Å²) in [7, 11) is 1.58. The van der Waals surface area contributed by atoms with Crippen molar-refractivity contribution in [2.45, 2.75) is 51.7 Å². The number of carbonyl (C=O) groups excluding carboxylic acids is 1.